The molecule has 1 amide bonds. The molecule has 0 unspecified atom stereocenters. The number of nitrogens with two attached hydrogens (primary N) is 1. The molecular weight excluding hydrogens is 316 g/mol. The maximum absolute atomic E-state index is 12.2. The fourth-order valence-corrected chi connectivity index (χ4v) is 2.65. The number of amides is 1. The lowest BCUT2D eigenvalue weighted by molar-refractivity contribution is -0.123. The third kappa shape index (κ3) is 3.46. The van der Waals surface area contributed by atoms with Crippen molar-refractivity contribution in [2.75, 3.05) is 0 Å². The highest BCUT2D eigenvalue weighted by Crippen LogP contribution is 2.23. The van der Waals surface area contributed by atoms with Crippen molar-refractivity contribution in [1.29, 1.82) is 0 Å². The maximum Gasteiger partial charge on any atom is 0.241 e. The van der Waals surface area contributed by atoms with Crippen molar-refractivity contribution in [3.63, 3.8) is 0 Å². The Morgan fingerprint density at radius 2 is 1.70 bits per heavy atom. The molecule has 0 aliphatic heterocycles. The van der Waals surface area contributed by atoms with Gasteiger partial charge in [0.2, 0.25) is 5.91 Å². The van der Waals surface area contributed by atoms with Crippen molar-refractivity contribution >= 4 is 21.8 Å². The summed E-state index contributed by atoms with van der Waals surface area (Å²) in [7, 11) is 0. The van der Waals surface area contributed by atoms with E-state index >= 15 is 0 Å². The fourth-order valence-electron chi connectivity index (χ4n) is 2.02. The zero-order valence-electron chi connectivity index (χ0n) is 11.2. The lowest BCUT2D eigenvalue weighted by Crippen LogP contribution is -2.35. The molecule has 0 heterocycles. The molecule has 4 heteroatoms. The first-order valence-electron chi connectivity index (χ1n) is 6.45. The van der Waals surface area contributed by atoms with E-state index < -0.39 is 6.04 Å². The SMILES string of the molecule is C[C@H](NC(=O)[C@@H](N)c1ccccc1)c1ccccc1Br. The summed E-state index contributed by atoms with van der Waals surface area (Å²) in [5, 5.41) is 2.94. The van der Waals surface area contributed by atoms with E-state index in [0.717, 1.165) is 15.6 Å². The lowest BCUT2D eigenvalue weighted by Gasteiger charge is -2.19. The average molecular weight is 333 g/mol. The summed E-state index contributed by atoms with van der Waals surface area (Å²) in [5.41, 5.74) is 7.82. The Balaban J connectivity index is 2.07. The Morgan fingerprint density at radius 3 is 2.35 bits per heavy atom. The van der Waals surface area contributed by atoms with Gasteiger partial charge in [0.25, 0.3) is 0 Å². The summed E-state index contributed by atoms with van der Waals surface area (Å²) in [5.74, 6) is -0.181. The highest BCUT2D eigenvalue weighted by Gasteiger charge is 2.18. The maximum atomic E-state index is 12.2. The largest absolute Gasteiger partial charge is 0.348 e. The van der Waals surface area contributed by atoms with Gasteiger partial charge in [0.05, 0.1) is 6.04 Å². The molecular formula is C16H17BrN2O. The van der Waals surface area contributed by atoms with Crippen LogP contribution in [-0.4, -0.2) is 5.91 Å². The molecule has 2 rings (SSSR count). The Morgan fingerprint density at radius 1 is 1.10 bits per heavy atom. The number of rotatable bonds is 4. The van der Waals surface area contributed by atoms with Crippen LogP contribution in [0.15, 0.2) is 59.1 Å². The summed E-state index contributed by atoms with van der Waals surface area (Å²) >= 11 is 3.49. The molecule has 0 fully saturated rings. The highest BCUT2D eigenvalue weighted by molar-refractivity contribution is 9.10. The molecule has 2 atom stereocenters. The first-order chi connectivity index (χ1) is 9.59. The van der Waals surface area contributed by atoms with Gasteiger partial charge in [-0.05, 0) is 24.1 Å². The second-order valence-corrected chi connectivity index (χ2v) is 5.49. The normalized spacial score (nSPS) is 13.6. The molecule has 0 saturated carbocycles. The molecule has 20 heavy (non-hydrogen) atoms. The number of benzene rings is 2. The summed E-state index contributed by atoms with van der Waals surface area (Å²) in [6, 6.07) is 16.4. The monoisotopic (exact) mass is 332 g/mol. The molecule has 0 bridgehead atoms. The van der Waals surface area contributed by atoms with E-state index in [1.807, 2.05) is 61.5 Å². The second kappa shape index (κ2) is 6.68. The summed E-state index contributed by atoms with van der Waals surface area (Å²) < 4.78 is 0.973. The van der Waals surface area contributed by atoms with Crippen molar-refractivity contribution in [3.05, 3.63) is 70.2 Å². The Kier molecular flexibility index (Phi) is 4.93. The molecule has 2 aromatic carbocycles. The molecule has 0 spiro atoms. The molecule has 0 saturated heterocycles. The number of hydrogen-bond acceptors (Lipinski definition) is 2. The first-order valence-corrected chi connectivity index (χ1v) is 7.24. The van der Waals surface area contributed by atoms with E-state index in [1.54, 1.807) is 0 Å². The van der Waals surface area contributed by atoms with Crippen molar-refractivity contribution in [3.8, 4) is 0 Å². The van der Waals surface area contributed by atoms with Crippen LogP contribution >= 0.6 is 15.9 Å². The van der Waals surface area contributed by atoms with E-state index in [9.17, 15) is 4.79 Å². The van der Waals surface area contributed by atoms with Crippen LogP contribution in [0, 0.1) is 0 Å². The Hall–Kier alpha value is -1.65. The van der Waals surface area contributed by atoms with Crippen molar-refractivity contribution in [2.45, 2.75) is 19.0 Å². The van der Waals surface area contributed by atoms with E-state index in [-0.39, 0.29) is 11.9 Å². The van der Waals surface area contributed by atoms with Crippen molar-refractivity contribution < 1.29 is 4.79 Å². The third-order valence-corrected chi connectivity index (χ3v) is 3.89. The van der Waals surface area contributed by atoms with Crippen LogP contribution in [0.2, 0.25) is 0 Å². The Bertz CT molecular complexity index is 586. The minimum absolute atomic E-state index is 0.104. The van der Waals surface area contributed by atoms with Gasteiger partial charge in [-0.3, -0.25) is 4.79 Å². The van der Waals surface area contributed by atoms with E-state index in [0.29, 0.717) is 0 Å². The van der Waals surface area contributed by atoms with Crippen LogP contribution in [0.25, 0.3) is 0 Å². The smallest absolute Gasteiger partial charge is 0.241 e. The number of carbonyl (C=O) groups excluding carboxylic acids is 1. The Labute approximate surface area is 127 Å². The van der Waals surface area contributed by atoms with Gasteiger partial charge in [-0.1, -0.05) is 64.5 Å². The highest BCUT2D eigenvalue weighted by atomic mass is 79.9. The van der Waals surface area contributed by atoms with Gasteiger partial charge in [0, 0.05) is 4.47 Å². The molecule has 0 aliphatic rings. The van der Waals surface area contributed by atoms with Crippen LogP contribution in [0.3, 0.4) is 0 Å². The minimum Gasteiger partial charge on any atom is -0.348 e. The van der Waals surface area contributed by atoms with Gasteiger partial charge >= 0.3 is 0 Å². The second-order valence-electron chi connectivity index (χ2n) is 4.64. The zero-order valence-corrected chi connectivity index (χ0v) is 12.8. The topological polar surface area (TPSA) is 55.1 Å². The molecule has 3 N–H and O–H groups in total. The molecule has 0 aromatic heterocycles. The molecule has 3 nitrogen and oxygen atoms in total. The molecule has 104 valence electrons. The standard InChI is InChI=1S/C16H17BrN2O/c1-11(13-9-5-6-10-14(13)17)19-16(20)15(18)12-7-3-2-4-8-12/h2-11,15H,18H2,1H3,(H,19,20)/t11-,15-/m0/s1. The van der Waals surface area contributed by atoms with Gasteiger partial charge in [0.15, 0.2) is 0 Å². The van der Waals surface area contributed by atoms with E-state index in [4.69, 9.17) is 5.73 Å². The van der Waals surface area contributed by atoms with Crippen LogP contribution in [0.4, 0.5) is 0 Å². The van der Waals surface area contributed by atoms with Crippen LogP contribution in [0.5, 0.6) is 0 Å². The van der Waals surface area contributed by atoms with Gasteiger partial charge in [-0.15, -0.1) is 0 Å². The van der Waals surface area contributed by atoms with Crippen molar-refractivity contribution in [1.82, 2.24) is 5.32 Å². The molecule has 0 aliphatic carbocycles. The number of halogens is 1. The van der Waals surface area contributed by atoms with Gasteiger partial charge in [0.1, 0.15) is 6.04 Å². The predicted molar refractivity (Wildman–Crippen MR) is 84.1 cm³/mol. The van der Waals surface area contributed by atoms with Crippen LogP contribution < -0.4 is 11.1 Å². The van der Waals surface area contributed by atoms with Gasteiger partial charge in [-0.25, -0.2) is 0 Å². The number of carbonyl (C=O) groups is 1. The van der Waals surface area contributed by atoms with Gasteiger partial charge in [-0.2, -0.15) is 0 Å². The molecule has 0 radical (unpaired) electrons. The number of hydrogen-bond donors (Lipinski definition) is 2. The van der Waals surface area contributed by atoms with E-state index in [2.05, 4.69) is 21.2 Å². The van der Waals surface area contributed by atoms with E-state index in [1.165, 1.54) is 0 Å². The lowest BCUT2D eigenvalue weighted by atomic mass is 10.1. The summed E-state index contributed by atoms with van der Waals surface area (Å²) in [4.78, 5) is 12.2. The summed E-state index contributed by atoms with van der Waals surface area (Å²) in [6.45, 7) is 1.94. The minimum atomic E-state index is -0.652. The fraction of sp³-hybridized carbons (Fsp3) is 0.188. The average Bonchev–Trinajstić information content (AvgIpc) is 2.47. The number of nitrogens with one attached hydrogen (secondary N) is 1. The van der Waals surface area contributed by atoms with Crippen LogP contribution in [0.1, 0.15) is 30.1 Å². The first kappa shape index (κ1) is 14.8. The van der Waals surface area contributed by atoms with Crippen molar-refractivity contribution in [2.24, 2.45) is 5.73 Å². The molecule has 2 aromatic rings. The zero-order chi connectivity index (χ0) is 14.5. The van der Waals surface area contributed by atoms with Gasteiger partial charge < -0.3 is 11.1 Å². The third-order valence-electron chi connectivity index (χ3n) is 3.17. The predicted octanol–water partition coefficient (Wildman–Crippen LogP) is 3.33. The van der Waals surface area contributed by atoms with Crippen LogP contribution in [-0.2, 0) is 4.79 Å². The quantitative estimate of drug-likeness (QED) is 0.902. The summed E-state index contributed by atoms with van der Waals surface area (Å²) in [6.07, 6.45) is 0.